The molecule has 120 valence electrons. The number of fused-ring (bicyclic) bond motifs is 1. The number of rotatable bonds is 2. The summed E-state index contributed by atoms with van der Waals surface area (Å²) in [7, 11) is -4.39. The lowest BCUT2D eigenvalue weighted by atomic mass is 10.1. The molecule has 1 aliphatic rings. The van der Waals surface area contributed by atoms with Crippen LogP contribution in [0.3, 0.4) is 0 Å². The van der Waals surface area contributed by atoms with Crippen LogP contribution in [0.15, 0.2) is 58.0 Å². The van der Waals surface area contributed by atoms with E-state index in [4.69, 9.17) is 0 Å². The number of hydrogen-bond donors (Lipinski definition) is 1. The molecule has 3 rings (SSSR count). The molecule has 2 aromatic rings. The molecule has 2 aromatic carbocycles. The van der Waals surface area contributed by atoms with Gasteiger partial charge in [-0.05, 0) is 40.4 Å². The van der Waals surface area contributed by atoms with Gasteiger partial charge in [-0.15, -0.1) is 0 Å². The van der Waals surface area contributed by atoms with Gasteiger partial charge in [-0.25, -0.2) is 4.99 Å². The third-order valence-electron chi connectivity index (χ3n) is 3.44. The second-order valence-electron chi connectivity index (χ2n) is 4.85. The van der Waals surface area contributed by atoms with Crippen molar-refractivity contribution in [3.8, 4) is 0 Å². The van der Waals surface area contributed by atoms with Gasteiger partial charge >= 0.3 is 0 Å². The zero-order valence-corrected chi connectivity index (χ0v) is 15.3. The lowest BCUT2D eigenvalue weighted by molar-refractivity contribution is 0.469. The standard InChI is InChI=1S/C15H13BrN2O3S2/c1-22-15-17-12-8-4-2-6-10(12)14(23(19,20)21)18(15)13-9-5-3-7-11(13)16/h2-9,14H,1H3,(H,19,20,21). The average molecular weight is 413 g/mol. The van der Waals surface area contributed by atoms with E-state index in [0.717, 1.165) is 4.47 Å². The van der Waals surface area contributed by atoms with Gasteiger partial charge < -0.3 is 0 Å². The van der Waals surface area contributed by atoms with Crippen LogP contribution in [0.5, 0.6) is 0 Å². The van der Waals surface area contributed by atoms with E-state index in [2.05, 4.69) is 20.9 Å². The summed E-state index contributed by atoms with van der Waals surface area (Å²) < 4.78 is 34.9. The Bertz CT molecular complexity index is 884. The first-order valence-electron chi connectivity index (χ1n) is 6.65. The highest BCUT2D eigenvalue weighted by Gasteiger charge is 2.39. The number of anilines is 1. The normalized spacial score (nSPS) is 17.6. The van der Waals surface area contributed by atoms with E-state index < -0.39 is 15.5 Å². The van der Waals surface area contributed by atoms with E-state index in [9.17, 15) is 13.0 Å². The molecule has 1 unspecified atom stereocenters. The minimum Gasteiger partial charge on any atom is -0.296 e. The fraction of sp³-hybridized carbons (Fsp3) is 0.133. The van der Waals surface area contributed by atoms with Crippen LogP contribution in [0.2, 0.25) is 0 Å². The minimum atomic E-state index is -4.39. The molecule has 1 atom stereocenters. The summed E-state index contributed by atoms with van der Waals surface area (Å²) in [5.74, 6) is 0. The summed E-state index contributed by atoms with van der Waals surface area (Å²) in [5.41, 5.74) is 1.61. The highest BCUT2D eigenvalue weighted by molar-refractivity contribution is 9.10. The number of thioether (sulfide) groups is 1. The van der Waals surface area contributed by atoms with Gasteiger partial charge in [0.25, 0.3) is 10.1 Å². The topological polar surface area (TPSA) is 70.0 Å². The Morgan fingerprint density at radius 2 is 1.83 bits per heavy atom. The first kappa shape index (κ1) is 16.5. The lowest BCUT2D eigenvalue weighted by Crippen LogP contribution is -2.39. The molecule has 8 heteroatoms. The van der Waals surface area contributed by atoms with E-state index in [1.54, 1.807) is 36.4 Å². The Morgan fingerprint density at radius 3 is 2.48 bits per heavy atom. The molecule has 0 radical (unpaired) electrons. The van der Waals surface area contributed by atoms with Gasteiger partial charge in [-0.3, -0.25) is 9.45 Å². The molecular weight excluding hydrogens is 400 g/mol. The number of aliphatic imine (C=N–C) groups is 1. The Hall–Kier alpha value is -1.35. The van der Waals surface area contributed by atoms with Gasteiger partial charge in [0.1, 0.15) is 0 Å². The SMILES string of the molecule is CSC1=Nc2ccccc2C(S(=O)(=O)O)N1c1ccccc1Br. The summed E-state index contributed by atoms with van der Waals surface area (Å²) in [5, 5.41) is -0.740. The Balaban J connectivity index is 2.30. The molecule has 1 aliphatic heterocycles. The van der Waals surface area contributed by atoms with Gasteiger partial charge in [-0.1, -0.05) is 42.1 Å². The van der Waals surface area contributed by atoms with Gasteiger partial charge in [0.2, 0.25) is 0 Å². The molecule has 0 aliphatic carbocycles. The van der Waals surface area contributed by atoms with Crippen molar-refractivity contribution in [3.05, 3.63) is 58.6 Å². The summed E-state index contributed by atoms with van der Waals surface area (Å²) in [6, 6.07) is 14.2. The fourth-order valence-electron chi connectivity index (χ4n) is 2.51. The number of benzene rings is 2. The first-order chi connectivity index (χ1) is 10.9. The van der Waals surface area contributed by atoms with Crippen molar-refractivity contribution in [1.82, 2.24) is 0 Å². The minimum absolute atomic E-state index is 0.448. The molecule has 0 spiro atoms. The Kier molecular flexibility index (Phi) is 4.50. The van der Waals surface area contributed by atoms with Crippen LogP contribution >= 0.6 is 27.7 Å². The van der Waals surface area contributed by atoms with Crippen molar-refractivity contribution >= 4 is 54.4 Å². The predicted octanol–water partition coefficient (Wildman–Crippen LogP) is 4.21. The van der Waals surface area contributed by atoms with E-state index >= 15 is 0 Å². The molecule has 0 saturated carbocycles. The number of nitrogens with zero attached hydrogens (tertiary/aromatic N) is 2. The molecule has 0 bridgehead atoms. The van der Waals surface area contributed by atoms with E-state index in [0.29, 0.717) is 22.1 Å². The van der Waals surface area contributed by atoms with Crippen molar-refractivity contribution in [2.75, 3.05) is 11.2 Å². The maximum Gasteiger partial charge on any atom is 0.291 e. The van der Waals surface area contributed by atoms with Crippen LogP contribution in [0.25, 0.3) is 0 Å². The monoisotopic (exact) mass is 412 g/mol. The van der Waals surface area contributed by atoms with Crippen LogP contribution in [-0.4, -0.2) is 24.4 Å². The number of hydrogen-bond acceptors (Lipinski definition) is 5. The van der Waals surface area contributed by atoms with Crippen LogP contribution in [0.1, 0.15) is 10.9 Å². The largest absolute Gasteiger partial charge is 0.296 e. The maximum absolute atomic E-state index is 12.1. The summed E-state index contributed by atoms with van der Waals surface area (Å²) in [4.78, 5) is 6.07. The van der Waals surface area contributed by atoms with Crippen molar-refractivity contribution in [3.63, 3.8) is 0 Å². The van der Waals surface area contributed by atoms with Gasteiger partial charge in [0.05, 0.1) is 11.4 Å². The third-order valence-corrected chi connectivity index (χ3v) is 5.79. The molecule has 1 heterocycles. The van der Waals surface area contributed by atoms with Gasteiger partial charge in [0, 0.05) is 10.0 Å². The molecule has 5 nitrogen and oxygen atoms in total. The first-order valence-corrected chi connectivity index (χ1v) is 10.2. The molecule has 0 saturated heterocycles. The van der Waals surface area contributed by atoms with Gasteiger partial charge in [-0.2, -0.15) is 8.42 Å². The molecule has 0 fully saturated rings. The van der Waals surface area contributed by atoms with Crippen LogP contribution < -0.4 is 4.90 Å². The highest BCUT2D eigenvalue weighted by Crippen LogP contribution is 2.43. The fourth-order valence-corrected chi connectivity index (χ4v) is 4.64. The van der Waals surface area contributed by atoms with Crippen molar-refractivity contribution < 1.29 is 13.0 Å². The van der Waals surface area contributed by atoms with Crippen molar-refractivity contribution in [1.29, 1.82) is 0 Å². The molecule has 1 N–H and O–H groups in total. The molecule has 0 aromatic heterocycles. The summed E-state index contributed by atoms with van der Waals surface area (Å²) >= 11 is 4.76. The molecule has 23 heavy (non-hydrogen) atoms. The Labute approximate surface area is 147 Å². The smallest absolute Gasteiger partial charge is 0.291 e. The predicted molar refractivity (Wildman–Crippen MR) is 98.0 cm³/mol. The van der Waals surface area contributed by atoms with E-state index in [1.165, 1.54) is 16.7 Å². The second-order valence-corrected chi connectivity index (χ2v) is 7.95. The second kappa shape index (κ2) is 6.27. The molecular formula is C15H13BrN2O3S2. The maximum atomic E-state index is 12.1. The van der Waals surface area contributed by atoms with Crippen molar-refractivity contribution in [2.24, 2.45) is 4.99 Å². The summed E-state index contributed by atoms with van der Waals surface area (Å²) in [6.45, 7) is 0. The summed E-state index contributed by atoms with van der Waals surface area (Å²) in [6.07, 6.45) is 1.82. The number of para-hydroxylation sites is 2. The Morgan fingerprint density at radius 1 is 1.17 bits per heavy atom. The zero-order valence-electron chi connectivity index (χ0n) is 12.0. The average Bonchev–Trinajstić information content (AvgIpc) is 2.52. The van der Waals surface area contributed by atoms with Gasteiger partial charge in [0.15, 0.2) is 10.5 Å². The number of halogens is 1. The van der Waals surface area contributed by atoms with E-state index in [-0.39, 0.29) is 0 Å². The van der Waals surface area contributed by atoms with Crippen LogP contribution in [0, 0.1) is 0 Å². The van der Waals surface area contributed by atoms with Crippen LogP contribution in [-0.2, 0) is 10.1 Å². The third kappa shape index (κ3) is 3.03. The zero-order chi connectivity index (χ0) is 16.6. The molecule has 0 amide bonds. The van der Waals surface area contributed by atoms with E-state index in [1.807, 2.05) is 18.4 Å². The van der Waals surface area contributed by atoms with Crippen LogP contribution in [0.4, 0.5) is 11.4 Å². The lowest BCUT2D eigenvalue weighted by Gasteiger charge is -2.35. The quantitative estimate of drug-likeness (QED) is 0.748. The highest BCUT2D eigenvalue weighted by atomic mass is 79.9. The number of amidine groups is 1. The van der Waals surface area contributed by atoms with Crippen molar-refractivity contribution in [2.45, 2.75) is 5.37 Å².